The van der Waals surface area contributed by atoms with Crippen LogP contribution in [-0.2, 0) is 0 Å². The van der Waals surface area contributed by atoms with Crippen molar-refractivity contribution in [3.8, 4) is 10.7 Å². The number of aromatic amines is 2. The van der Waals surface area contributed by atoms with Gasteiger partial charge in [-0.15, -0.1) is 11.3 Å². The van der Waals surface area contributed by atoms with Crippen molar-refractivity contribution in [1.29, 1.82) is 0 Å². The van der Waals surface area contributed by atoms with Crippen molar-refractivity contribution in [2.45, 2.75) is 0 Å². The highest BCUT2D eigenvalue weighted by Crippen LogP contribution is 2.29. The lowest BCUT2D eigenvalue weighted by Crippen LogP contribution is -2.19. The van der Waals surface area contributed by atoms with Gasteiger partial charge in [-0.25, -0.2) is 10.4 Å². The summed E-state index contributed by atoms with van der Waals surface area (Å²) in [6, 6.07) is 14.5. The summed E-state index contributed by atoms with van der Waals surface area (Å²) in [6.45, 7) is 0. The second kappa shape index (κ2) is 6.77. The van der Waals surface area contributed by atoms with Crippen LogP contribution >= 0.6 is 11.3 Å². The topological polar surface area (TPSA) is 103 Å². The van der Waals surface area contributed by atoms with Crippen LogP contribution in [0.15, 0.2) is 64.6 Å². The van der Waals surface area contributed by atoms with Gasteiger partial charge in [0.05, 0.1) is 33.4 Å². The molecule has 0 saturated carbocycles. The Labute approximate surface area is 151 Å². The lowest BCUT2D eigenvalue weighted by molar-refractivity contribution is 0.0954. The van der Waals surface area contributed by atoms with Crippen LogP contribution in [0, 0.1) is 0 Å². The fraction of sp³-hybridized carbons (Fsp3) is 0. The number of benzene rings is 1. The number of nitrogens with zero attached hydrogens (tertiary/aromatic N) is 2. The Hall–Kier alpha value is -3.52. The summed E-state index contributed by atoms with van der Waals surface area (Å²) in [7, 11) is 0. The number of para-hydroxylation sites is 1. The maximum absolute atomic E-state index is 11.9. The monoisotopic (exact) mass is 363 g/mol. The molecule has 1 amide bonds. The van der Waals surface area contributed by atoms with Gasteiger partial charge >= 0.3 is 0 Å². The Balaban J connectivity index is 1.46. The van der Waals surface area contributed by atoms with Gasteiger partial charge in [0, 0.05) is 12.3 Å². The van der Waals surface area contributed by atoms with Crippen molar-refractivity contribution < 1.29 is 4.79 Å². The molecule has 0 aliphatic heterocycles. The summed E-state index contributed by atoms with van der Waals surface area (Å²) in [5.41, 5.74) is 5.06. The van der Waals surface area contributed by atoms with Crippen LogP contribution in [0.25, 0.3) is 20.9 Å². The summed E-state index contributed by atoms with van der Waals surface area (Å²) in [5.74, 6) is -0.407. The Kier molecular flexibility index (Phi) is 4.16. The minimum absolute atomic E-state index is 0.265. The zero-order valence-corrected chi connectivity index (χ0v) is 14.2. The summed E-state index contributed by atoms with van der Waals surface area (Å²) in [6.07, 6.45) is 2.85. The third kappa shape index (κ3) is 3.31. The van der Waals surface area contributed by atoms with Crippen LogP contribution in [-0.4, -0.2) is 27.1 Å². The van der Waals surface area contributed by atoms with Gasteiger partial charge in [-0.3, -0.25) is 9.59 Å². The first-order chi connectivity index (χ1) is 12.7. The molecule has 3 heterocycles. The van der Waals surface area contributed by atoms with Crippen LogP contribution in [0.1, 0.15) is 16.1 Å². The smallest absolute Gasteiger partial charge is 0.272 e. The van der Waals surface area contributed by atoms with E-state index in [0.717, 1.165) is 26.6 Å². The molecule has 0 atom stereocenters. The predicted octanol–water partition coefficient (Wildman–Crippen LogP) is 2.74. The van der Waals surface area contributed by atoms with Crippen LogP contribution in [0.2, 0.25) is 0 Å². The molecule has 0 bridgehead atoms. The fourth-order valence-electron chi connectivity index (χ4n) is 2.38. The molecule has 128 valence electrons. The van der Waals surface area contributed by atoms with Crippen molar-refractivity contribution in [3.05, 3.63) is 76.3 Å². The van der Waals surface area contributed by atoms with Gasteiger partial charge < -0.3 is 9.97 Å². The van der Waals surface area contributed by atoms with Crippen LogP contribution in [0.4, 0.5) is 0 Å². The van der Waals surface area contributed by atoms with E-state index in [9.17, 15) is 9.59 Å². The quantitative estimate of drug-likeness (QED) is 0.384. The van der Waals surface area contributed by atoms with Gasteiger partial charge in [0.25, 0.3) is 5.91 Å². The number of fused-ring (bicyclic) bond motifs is 1. The first-order valence-electron chi connectivity index (χ1n) is 7.76. The van der Waals surface area contributed by atoms with Crippen molar-refractivity contribution >= 4 is 33.7 Å². The summed E-state index contributed by atoms with van der Waals surface area (Å²) in [5, 5.41) is 4.82. The molecule has 4 rings (SSSR count). The fourth-order valence-corrected chi connectivity index (χ4v) is 3.32. The molecular formula is C18H13N5O2S. The second-order valence-corrected chi connectivity index (χ2v) is 6.49. The van der Waals surface area contributed by atoms with Gasteiger partial charge in [-0.2, -0.15) is 5.10 Å². The van der Waals surface area contributed by atoms with E-state index in [4.69, 9.17) is 0 Å². The number of hydrogen-bond donors (Lipinski definition) is 3. The minimum atomic E-state index is -0.407. The number of thiazole rings is 1. The number of H-pyrrole nitrogens is 2. The molecule has 0 radical (unpaired) electrons. The third-order valence-corrected chi connectivity index (χ3v) is 4.72. The zero-order chi connectivity index (χ0) is 17.9. The van der Waals surface area contributed by atoms with Crippen LogP contribution in [0.5, 0.6) is 0 Å². The zero-order valence-electron chi connectivity index (χ0n) is 13.4. The maximum Gasteiger partial charge on any atom is 0.272 e. The third-order valence-electron chi connectivity index (χ3n) is 3.65. The van der Waals surface area contributed by atoms with E-state index in [2.05, 4.69) is 25.5 Å². The van der Waals surface area contributed by atoms with E-state index < -0.39 is 5.91 Å². The average molecular weight is 363 g/mol. The van der Waals surface area contributed by atoms with E-state index in [1.54, 1.807) is 11.3 Å². The number of hydrazone groups is 1. The summed E-state index contributed by atoms with van der Waals surface area (Å²) in [4.78, 5) is 33.1. The number of carbonyl (C=O) groups is 1. The van der Waals surface area contributed by atoms with Crippen molar-refractivity contribution in [1.82, 2.24) is 20.4 Å². The first kappa shape index (κ1) is 16.0. The summed E-state index contributed by atoms with van der Waals surface area (Å²) < 4.78 is 1.13. The number of rotatable bonds is 4. The maximum atomic E-state index is 11.9. The standard InChI is InChI=1S/C18H13N5O2S/c24-16-8-5-11(9-19-16)17(25)23-20-10-12-6-7-14(21-12)18-22-13-3-1-2-4-15(13)26-18/h1-10,21H,(H,19,24)(H,23,25). The van der Waals surface area contributed by atoms with E-state index in [-0.39, 0.29) is 5.56 Å². The number of amides is 1. The van der Waals surface area contributed by atoms with E-state index in [1.165, 1.54) is 24.5 Å². The molecule has 8 heteroatoms. The van der Waals surface area contributed by atoms with Gasteiger partial charge in [-0.05, 0) is 30.3 Å². The van der Waals surface area contributed by atoms with Crippen LogP contribution in [0.3, 0.4) is 0 Å². The Morgan fingerprint density at radius 3 is 2.85 bits per heavy atom. The van der Waals surface area contributed by atoms with E-state index in [1.807, 2.05) is 36.4 Å². The van der Waals surface area contributed by atoms with Gasteiger partial charge in [-0.1, -0.05) is 12.1 Å². The molecule has 4 aromatic rings. The molecule has 0 aliphatic rings. The van der Waals surface area contributed by atoms with E-state index >= 15 is 0 Å². The highest BCUT2D eigenvalue weighted by Gasteiger charge is 2.07. The molecule has 0 aliphatic carbocycles. The highest BCUT2D eigenvalue weighted by molar-refractivity contribution is 7.21. The van der Waals surface area contributed by atoms with Gasteiger partial charge in [0.15, 0.2) is 0 Å². The number of aromatic nitrogens is 3. The molecule has 3 N–H and O–H groups in total. The molecule has 0 spiro atoms. The van der Waals surface area contributed by atoms with Gasteiger partial charge in [0.1, 0.15) is 5.01 Å². The minimum Gasteiger partial charge on any atom is -0.352 e. The Morgan fingerprint density at radius 1 is 1.15 bits per heavy atom. The first-order valence-corrected chi connectivity index (χ1v) is 8.58. The lowest BCUT2D eigenvalue weighted by atomic mass is 10.3. The predicted molar refractivity (Wildman–Crippen MR) is 102 cm³/mol. The Bertz CT molecular complexity index is 1120. The molecule has 0 unspecified atom stereocenters. The number of carbonyl (C=O) groups excluding carboxylic acids is 1. The van der Waals surface area contributed by atoms with Crippen molar-refractivity contribution in [3.63, 3.8) is 0 Å². The molecule has 26 heavy (non-hydrogen) atoms. The molecule has 1 aromatic carbocycles. The molecule has 0 saturated heterocycles. The number of nitrogens with one attached hydrogen (secondary N) is 3. The number of hydrogen-bond acceptors (Lipinski definition) is 5. The average Bonchev–Trinajstić information content (AvgIpc) is 3.28. The van der Waals surface area contributed by atoms with Crippen molar-refractivity contribution in [2.75, 3.05) is 0 Å². The molecule has 7 nitrogen and oxygen atoms in total. The Morgan fingerprint density at radius 2 is 2.04 bits per heavy atom. The highest BCUT2D eigenvalue weighted by atomic mass is 32.1. The normalized spacial score (nSPS) is 11.2. The van der Waals surface area contributed by atoms with Crippen molar-refractivity contribution in [2.24, 2.45) is 5.10 Å². The largest absolute Gasteiger partial charge is 0.352 e. The lowest BCUT2D eigenvalue weighted by Gasteiger charge is -1.97. The van der Waals surface area contributed by atoms with E-state index in [0.29, 0.717) is 5.56 Å². The molecule has 3 aromatic heterocycles. The number of pyridine rings is 1. The summed E-state index contributed by atoms with van der Waals surface area (Å²) >= 11 is 1.61. The SMILES string of the molecule is O=C(NN=Cc1ccc(-c2nc3ccccc3s2)[nH]1)c1ccc(=O)[nH]c1. The van der Waals surface area contributed by atoms with Crippen LogP contribution < -0.4 is 11.0 Å². The second-order valence-electron chi connectivity index (χ2n) is 5.45. The molecular weight excluding hydrogens is 350 g/mol. The molecule has 0 fully saturated rings. The van der Waals surface area contributed by atoms with Gasteiger partial charge in [0.2, 0.25) is 5.56 Å².